The molecule has 0 bridgehead atoms. The van der Waals surface area contributed by atoms with Crippen LogP contribution >= 0.6 is 84.3 Å². The van der Waals surface area contributed by atoms with Crippen molar-refractivity contribution in [1.29, 1.82) is 0 Å². The Morgan fingerprint density at radius 1 is 0.378 bits per heavy atom. The van der Waals surface area contributed by atoms with Crippen LogP contribution in [0.15, 0.2) is 170 Å². The Kier molecular flexibility index (Phi) is 31.0. The minimum absolute atomic E-state index is 0. The molecule has 0 nitrogen and oxygen atoms in total. The Morgan fingerprint density at radius 2 is 0.634 bits per heavy atom. The van der Waals surface area contributed by atoms with Gasteiger partial charge in [0, 0.05) is 21.2 Å². The van der Waals surface area contributed by atoms with E-state index in [4.69, 9.17) is 56.8 Å². The molecule has 33 heteroatoms. The Morgan fingerprint density at radius 3 is 0.902 bits per heavy atom. The first kappa shape index (κ1) is 77.8. The van der Waals surface area contributed by atoms with Crippen LogP contribution in [0.4, 0.5) is 92.2 Å². The Bertz CT molecular complexity index is 2970. The SMILES string of the molecule is ClP(Cl)Cl.FC(F)(F)c1[c-]cccc1.FC(F)(F)c1ccccc1P(=S)(S)c1ccccc1C(F)(F)F.FC(F)(F)c1ccccc1P(Cl)c1ccccc1C(F)(F)F.FC(F)(F)c1ccccc1Pc1ccccc1C(F)(F)F.[Br-].[Mg+2]. The summed E-state index contributed by atoms with van der Waals surface area (Å²) < 4.78 is 269. The summed E-state index contributed by atoms with van der Waals surface area (Å²) in [5, 5.41) is -5.37. The van der Waals surface area contributed by atoms with Crippen molar-refractivity contribution in [2.24, 2.45) is 0 Å². The third kappa shape index (κ3) is 24.1. The summed E-state index contributed by atoms with van der Waals surface area (Å²) in [7, 11) is -3.03. The molecule has 0 aliphatic heterocycles. The Balaban J connectivity index is 0.000000545. The van der Waals surface area contributed by atoms with E-state index in [-0.39, 0.29) is 61.3 Å². The molecule has 0 saturated carbocycles. The van der Waals surface area contributed by atoms with Gasteiger partial charge in [-0.05, 0) is 47.0 Å². The van der Waals surface area contributed by atoms with Crippen LogP contribution in [0, 0.1) is 6.07 Å². The van der Waals surface area contributed by atoms with E-state index in [0.717, 1.165) is 78.9 Å². The van der Waals surface area contributed by atoms with Crippen LogP contribution in [0.5, 0.6) is 0 Å². The number of alkyl halides is 21. The maximum absolute atomic E-state index is 13.1. The zero-order valence-electron chi connectivity index (χ0n) is 39.9. The summed E-state index contributed by atoms with van der Waals surface area (Å²) in [6.45, 7) is 0. The fourth-order valence-electron chi connectivity index (χ4n) is 6.38. The maximum Gasteiger partial charge on any atom is 2.00 e. The van der Waals surface area contributed by atoms with Gasteiger partial charge >= 0.3 is 66.3 Å². The van der Waals surface area contributed by atoms with E-state index in [1.807, 2.05) is 0 Å². The van der Waals surface area contributed by atoms with E-state index in [0.29, 0.717) is 0 Å². The first-order chi connectivity index (χ1) is 36.6. The van der Waals surface area contributed by atoms with Gasteiger partial charge in [0.2, 0.25) is 0 Å². The number of hydrogen-bond acceptors (Lipinski definition) is 1. The molecule has 0 aliphatic carbocycles. The molecule has 0 radical (unpaired) electrons. The second-order valence-electron chi connectivity index (χ2n) is 15.1. The summed E-state index contributed by atoms with van der Waals surface area (Å²) in [4.78, 5) is 0. The monoisotopic (exact) mass is 1450 g/mol. The van der Waals surface area contributed by atoms with Gasteiger partial charge < -0.3 is 17.0 Å². The van der Waals surface area contributed by atoms with Gasteiger partial charge in [-0.3, -0.25) is 0 Å². The number of benzene rings is 7. The van der Waals surface area contributed by atoms with Crippen molar-refractivity contribution in [3.05, 3.63) is 215 Å². The molecule has 0 atom stereocenters. The smallest absolute Gasteiger partial charge is 1.00 e. The molecular formula is C49H30BrCl4F21MgP4S2. The molecule has 0 saturated heterocycles. The molecule has 0 heterocycles. The number of hydrogen-bond donors (Lipinski definition) is 1. The molecule has 7 aromatic rings. The van der Waals surface area contributed by atoms with Crippen LogP contribution in [0.3, 0.4) is 0 Å². The third-order valence-electron chi connectivity index (χ3n) is 9.66. The first-order valence-electron chi connectivity index (χ1n) is 21.0. The number of thiol groups is 1. The number of halogens is 26. The standard InChI is InChI=1S/C14H8ClF6P.C14H9F6PS2.C14H9F6P.C7H4F3.BrH.Cl3P.Mg/c15-22(11-7-3-1-5-9(11)13(16,17)18)12-8-4-2-6-10(12)14(19,20)21;15-13(16,17)9-5-1-3-7-11(9)21(22,23)12-8-4-2-6-10(12)14(18,19)20;15-13(16,17)9-5-1-3-7-11(9)21-12-8-4-2-6-10(12)14(18,19)20;8-7(9,10)6-4-2-1-3-5-6;;1-4(2)3;/h1-8H;1-8H,(H,22,23);1-8,21H;1-4H;1H;;/q;;;-1;;;+2/p-1. The van der Waals surface area contributed by atoms with Crippen LogP contribution in [0.1, 0.15) is 38.9 Å². The topological polar surface area (TPSA) is 0 Å². The van der Waals surface area contributed by atoms with E-state index in [1.165, 1.54) is 91.0 Å². The minimum atomic E-state index is -4.73. The van der Waals surface area contributed by atoms with Gasteiger partial charge in [0.1, 0.15) is 0 Å². The fraction of sp³-hybridized carbons (Fsp3) is 0.143. The van der Waals surface area contributed by atoms with Crippen molar-refractivity contribution in [3.63, 3.8) is 0 Å². The van der Waals surface area contributed by atoms with Gasteiger partial charge in [0.05, 0.1) is 45.9 Å². The molecule has 0 unspecified atom stereocenters. The van der Waals surface area contributed by atoms with E-state index >= 15 is 0 Å². The second-order valence-corrected chi connectivity index (χ2v) is 30.3. The van der Waals surface area contributed by atoms with Crippen molar-refractivity contribution in [1.82, 2.24) is 0 Å². The van der Waals surface area contributed by atoms with Crippen molar-refractivity contribution in [3.8, 4) is 0 Å². The van der Waals surface area contributed by atoms with Crippen molar-refractivity contribution in [2.45, 2.75) is 43.2 Å². The summed E-state index contributed by atoms with van der Waals surface area (Å²) in [6.07, 6.45) is -32.2. The van der Waals surface area contributed by atoms with Gasteiger partial charge in [-0.15, -0.1) is 12.2 Å². The summed E-state index contributed by atoms with van der Waals surface area (Å²) in [5.74, 6) is -1.20. The van der Waals surface area contributed by atoms with Crippen molar-refractivity contribution < 1.29 is 109 Å². The normalized spacial score (nSPS) is 12.1. The largest absolute Gasteiger partial charge is 2.00 e. The minimum Gasteiger partial charge on any atom is -1.00 e. The average molecular weight is 1450 g/mol. The summed E-state index contributed by atoms with van der Waals surface area (Å²) in [6, 6.07) is 34.0. The van der Waals surface area contributed by atoms with Crippen molar-refractivity contribution >= 4 is 151 Å². The number of rotatable bonds is 6. The fourth-order valence-corrected chi connectivity index (χ4v) is 14.0. The van der Waals surface area contributed by atoms with E-state index in [1.54, 1.807) is 0 Å². The maximum atomic E-state index is 13.1. The predicted molar refractivity (Wildman–Crippen MR) is 291 cm³/mol. The molecule has 7 aromatic carbocycles. The molecule has 0 fully saturated rings. The molecule has 0 amide bonds. The molecule has 7 rings (SSSR count). The molecule has 0 aliphatic rings. The van der Waals surface area contributed by atoms with Gasteiger partial charge in [0.15, 0.2) is 5.98 Å². The average Bonchev–Trinajstić information content (AvgIpc) is 3.35. The molecule has 82 heavy (non-hydrogen) atoms. The zero-order chi connectivity index (χ0) is 60.9. The molecule has 442 valence electrons. The van der Waals surface area contributed by atoms with Gasteiger partial charge in [-0.25, -0.2) is 0 Å². The Hall–Kier alpha value is -2.23. The van der Waals surface area contributed by atoms with Crippen LogP contribution in [-0.2, 0) is 55.0 Å². The zero-order valence-corrected chi connectivity index (χ0v) is 51.3. The van der Waals surface area contributed by atoms with Crippen LogP contribution in [0.25, 0.3) is 0 Å². The van der Waals surface area contributed by atoms with Gasteiger partial charge in [-0.2, -0.15) is 123 Å². The van der Waals surface area contributed by atoms with Gasteiger partial charge in [0.25, 0.3) is 0 Å². The Labute approximate surface area is 514 Å². The van der Waals surface area contributed by atoms with Gasteiger partial charge in [-0.1, -0.05) is 180 Å². The van der Waals surface area contributed by atoms with E-state index in [9.17, 15) is 92.2 Å². The van der Waals surface area contributed by atoms with E-state index < -0.39 is 120 Å². The van der Waals surface area contributed by atoms with Crippen molar-refractivity contribution in [2.75, 3.05) is 0 Å². The van der Waals surface area contributed by atoms with Crippen LogP contribution < -0.4 is 48.8 Å². The first-order valence-corrected chi connectivity index (χ1v) is 32.2. The second kappa shape index (κ2) is 32.7. The summed E-state index contributed by atoms with van der Waals surface area (Å²) in [5.41, 5.74) is -6.69. The summed E-state index contributed by atoms with van der Waals surface area (Å²) >= 11 is 29.9. The van der Waals surface area contributed by atoms with E-state index in [2.05, 4.69) is 18.3 Å². The molecule has 0 spiro atoms. The molecule has 0 N–H and O–H groups in total. The quantitative estimate of drug-likeness (QED) is 0.0569. The van der Waals surface area contributed by atoms with Crippen LogP contribution in [0.2, 0.25) is 0 Å². The van der Waals surface area contributed by atoms with Crippen LogP contribution in [-0.4, -0.2) is 23.1 Å². The molecular weight excluding hydrogens is 1420 g/mol. The predicted octanol–water partition coefficient (Wildman–Crippen LogP) is 16.7. The molecule has 0 aromatic heterocycles. The third-order valence-corrected chi connectivity index (χ3v) is 18.4.